The Morgan fingerprint density at radius 3 is 2.47 bits per heavy atom. The summed E-state index contributed by atoms with van der Waals surface area (Å²) in [5.41, 5.74) is 3.09. The number of fused-ring (bicyclic) bond motifs is 1. The van der Waals surface area contributed by atoms with Gasteiger partial charge in [-0.2, -0.15) is 0 Å². The van der Waals surface area contributed by atoms with Crippen LogP contribution in [0, 0.1) is 6.92 Å². The Bertz CT molecular complexity index is 1360. The summed E-state index contributed by atoms with van der Waals surface area (Å²) in [6.07, 6.45) is 3.45. The van der Waals surface area contributed by atoms with Crippen LogP contribution in [0.15, 0.2) is 58.4 Å². The van der Waals surface area contributed by atoms with Crippen molar-refractivity contribution in [3.8, 4) is 0 Å². The van der Waals surface area contributed by atoms with Gasteiger partial charge in [0.25, 0.3) is 11.5 Å². The molecule has 7 nitrogen and oxygen atoms in total. The number of anilines is 1. The molecular weight excluding hydrogens is 466 g/mol. The molecule has 0 radical (unpaired) electrons. The van der Waals surface area contributed by atoms with E-state index >= 15 is 0 Å². The van der Waals surface area contributed by atoms with E-state index in [1.54, 1.807) is 23.7 Å². The smallest absolute Gasteiger partial charge is 0.267 e. The quantitative estimate of drug-likeness (QED) is 0.410. The molecule has 4 heterocycles. The average molecular weight is 492 g/mol. The van der Waals surface area contributed by atoms with Gasteiger partial charge in [-0.15, -0.1) is 0 Å². The van der Waals surface area contributed by atoms with E-state index in [4.69, 9.17) is 17.2 Å². The number of pyridine rings is 1. The third kappa shape index (κ3) is 4.38. The van der Waals surface area contributed by atoms with Gasteiger partial charge in [-0.1, -0.05) is 60.4 Å². The number of piperazine rings is 1. The van der Waals surface area contributed by atoms with Gasteiger partial charge in [0.15, 0.2) is 0 Å². The number of carbonyl (C=O) groups is 1. The Balaban J connectivity index is 1.50. The van der Waals surface area contributed by atoms with Gasteiger partial charge in [0, 0.05) is 46.0 Å². The number of thioether (sulfide) groups is 1. The Labute approximate surface area is 207 Å². The van der Waals surface area contributed by atoms with Crippen LogP contribution in [0.4, 0.5) is 5.82 Å². The molecule has 9 heteroatoms. The maximum atomic E-state index is 13.6. The normalized spacial score (nSPS) is 18.5. The van der Waals surface area contributed by atoms with Crippen LogP contribution in [0.1, 0.15) is 16.7 Å². The maximum absolute atomic E-state index is 13.6. The first-order valence-corrected chi connectivity index (χ1v) is 12.4. The highest BCUT2D eigenvalue weighted by molar-refractivity contribution is 8.26. The van der Waals surface area contributed by atoms with Crippen molar-refractivity contribution in [1.82, 2.24) is 19.2 Å². The fourth-order valence-electron chi connectivity index (χ4n) is 4.25. The molecular formula is C25H25N5O2S2. The molecule has 34 heavy (non-hydrogen) atoms. The Hall–Kier alpha value is -3.01. The van der Waals surface area contributed by atoms with E-state index in [2.05, 4.69) is 34.1 Å². The van der Waals surface area contributed by atoms with E-state index in [9.17, 15) is 9.59 Å². The number of amides is 1. The minimum Gasteiger partial charge on any atom is -0.353 e. The van der Waals surface area contributed by atoms with E-state index in [0.717, 1.165) is 38.3 Å². The molecule has 2 aliphatic heterocycles. The molecule has 2 aliphatic rings. The first-order valence-electron chi connectivity index (χ1n) is 11.2. The van der Waals surface area contributed by atoms with Gasteiger partial charge in [0.1, 0.15) is 15.8 Å². The monoisotopic (exact) mass is 491 g/mol. The summed E-state index contributed by atoms with van der Waals surface area (Å²) in [5.74, 6) is 0.428. The molecule has 0 spiro atoms. The number of carbonyl (C=O) groups excluding carboxylic acids is 1. The molecule has 5 rings (SSSR count). The second kappa shape index (κ2) is 9.32. The fourth-order valence-corrected chi connectivity index (χ4v) is 5.41. The van der Waals surface area contributed by atoms with Crippen molar-refractivity contribution < 1.29 is 4.79 Å². The first-order chi connectivity index (χ1) is 16.4. The second-order valence-corrected chi connectivity index (χ2v) is 10.3. The third-order valence-electron chi connectivity index (χ3n) is 6.17. The second-order valence-electron chi connectivity index (χ2n) is 8.58. The van der Waals surface area contributed by atoms with Crippen LogP contribution in [-0.2, 0) is 11.3 Å². The molecule has 2 saturated heterocycles. The van der Waals surface area contributed by atoms with Crippen LogP contribution in [0.5, 0.6) is 0 Å². The van der Waals surface area contributed by atoms with Crippen LogP contribution in [-0.4, -0.2) is 62.6 Å². The van der Waals surface area contributed by atoms with Crippen molar-refractivity contribution in [2.75, 3.05) is 38.1 Å². The van der Waals surface area contributed by atoms with Crippen molar-refractivity contribution in [1.29, 1.82) is 0 Å². The summed E-state index contributed by atoms with van der Waals surface area (Å²) in [4.78, 5) is 37.6. The number of hydrogen-bond donors (Lipinski definition) is 0. The molecule has 0 bridgehead atoms. The SMILES string of the molecule is Cc1ccc2nc(N3CCN(Cc4ccccc4)CC3)c(C=C3SC(=S)N(C)C3=O)c(=O)n2c1. The minimum atomic E-state index is -0.192. The van der Waals surface area contributed by atoms with E-state index < -0.39 is 0 Å². The number of nitrogens with zero attached hydrogens (tertiary/aromatic N) is 5. The molecule has 0 unspecified atom stereocenters. The Morgan fingerprint density at radius 1 is 1.06 bits per heavy atom. The number of aromatic nitrogens is 2. The molecule has 2 aromatic heterocycles. The predicted octanol–water partition coefficient (Wildman–Crippen LogP) is 3.16. The Kier molecular flexibility index (Phi) is 6.24. The molecule has 0 saturated carbocycles. The molecule has 174 valence electrons. The summed E-state index contributed by atoms with van der Waals surface area (Å²) in [6, 6.07) is 14.2. The largest absolute Gasteiger partial charge is 0.353 e. The standard InChI is InChI=1S/C25H25N5O2S2/c1-17-8-9-21-26-22(29-12-10-28(11-13-29)16-18-6-4-3-5-7-18)19(23(31)30(21)15-17)14-20-24(32)27(2)25(33)34-20/h3-9,14-15H,10-13,16H2,1-2H3. The van der Waals surface area contributed by atoms with Gasteiger partial charge in [0.05, 0.1) is 10.5 Å². The highest BCUT2D eigenvalue weighted by Crippen LogP contribution is 2.32. The molecule has 0 aliphatic carbocycles. The zero-order valence-electron chi connectivity index (χ0n) is 19.1. The molecule has 0 N–H and O–H groups in total. The van der Waals surface area contributed by atoms with Crippen molar-refractivity contribution in [3.63, 3.8) is 0 Å². The number of aryl methyl sites for hydroxylation is 1. The van der Waals surface area contributed by atoms with E-state index in [1.165, 1.54) is 22.2 Å². The minimum absolute atomic E-state index is 0.184. The van der Waals surface area contributed by atoms with Gasteiger partial charge in [-0.25, -0.2) is 4.98 Å². The first kappa shape index (κ1) is 22.8. The summed E-state index contributed by atoms with van der Waals surface area (Å²) in [7, 11) is 1.65. The zero-order valence-corrected chi connectivity index (χ0v) is 20.7. The van der Waals surface area contributed by atoms with Crippen molar-refractivity contribution in [2.45, 2.75) is 13.5 Å². The average Bonchev–Trinajstić information content (AvgIpc) is 3.09. The fraction of sp³-hybridized carbons (Fsp3) is 0.280. The Morgan fingerprint density at radius 2 is 1.79 bits per heavy atom. The van der Waals surface area contributed by atoms with Crippen LogP contribution in [0.3, 0.4) is 0 Å². The van der Waals surface area contributed by atoms with Gasteiger partial charge >= 0.3 is 0 Å². The van der Waals surface area contributed by atoms with Gasteiger partial charge in [0.2, 0.25) is 0 Å². The summed E-state index contributed by atoms with van der Waals surface area (Å²) >= 11 is 6.49. The highest BCUT2D eigenvalue weighted by atomic mass is 32.2. The topological polar surface area (TPSA) is 61.2 Å². The lowest BCUT2D eigenvalue weighted by Gasteiger charge is -2.36. The molecule has 3 aromatic rings. The summed E-state index contributed by atoms with van der Waals surface area (Å²) < 4.78 is 2.04. The maximum Gasteiger partial charge on any atom is 0.267 e. The van der Waals surface area contributed by atoms with Crippen molar-refractivity contribution in [2.24, 2.45) is 0 Å². The lowest BCUT2D eigenvalue weighted by atomic mass is 10.2. The van der Waals surface area contributed by atoms with Gasteiger partial charge in [-0.05, 0) is 30.2 Å². The van der Waals surface area contributed by atoms with Crippen LogP contribution < -0.4 is 10.5 Å². The lowest BCUT2D eigenvalue weighted by Crippen LogP contribution is -2.47. The van der Waals surface area contributed by atoms with Crippen LogP contribution >= 0.6 is 24.0 Å². The van der Waals surface area contributed by atoms with E-state index in [0.29, 0.717) is 26.3 Å². The van der Waals surface area contributed by atoms with Crippen LogP contribution in [0.2, 0.25) is 0 Å². The molecule has 1 aromatic carbocycles. The van der Waals surface area contributed by atoms with Gasteiger partial charge < -0.3 is 4.90 Å². The highest BCUT2D eigenvalue weighted by Gasteiger charge is 2.30. The number of benzene rings is 1. The summed E-state index contributed by atoms with van der Waals surface area (Å²) in [5, 5.41) is 0. The van der Waals surface area contributed by atoms with E-state index in [-0.39, 0.29) is 11.5 Å². The lowest BCUT2D eigenvalue weighted by molar-refractivity contribution is -0.121. The number of rotatable bonds is 4. The molecule has 0 atom stereocenters. The third-order valence-corrected chi connectivity index (χ3v) is 7.65. The number of thiocarbonyl (C=S) groups is 1. The molecule has 2 fully saturated rings. The van der Waals surface area contributed by atoms with Gasteiger partial charge in [-0.3, -0.25) is 23.8 Å². The molecule has 1 amide bonds. The number of likely N-dealkylation sites (N-methyl/N-ethyl adjacent to an activating group) is 1. The van der Waals surface area contributed by atoms with Crippen molar-refractivity contribution >= 4 is 51.7 Å². The predicted molar refractivity (Wildman–Crippen MR) is 141 cm³/mol. The van der Waals surface area contributed by atoms with E-state index in [1.807, 2.05) is 25.1 Å². The van der Waals surface area contributed by atoms with Crippen molar-refractivity contribution in [3.05, 3.63) is 80.6 Å². The zero-order chi connectivity index (χ0) is 23.8. The summed E-state index contributed by atoms with van der Waals surface area (Å²) in [6.45, 7) is 6.05. The number of hydrogen-bond acceptors (Lipinski definition) is 7. The van der Waals surface area contributed by atoms with Crippen LogP contribution in [0.25, 0.3) is 11.7 Å².